The predicted octanol–water partition coefficient (Wildman–Crippen LogP) is 3.45. The lowest BCUT2D eigenvalue weighted by Crippen LogP contribution is -2.14. The van der Waals surface area contributed by atoms with Crippen LogP contribution in [0.3, 0.4) is 0 Å². The van der Waals surface area contributed by atoms with Gasteiger partial charge in [0.25, 0.3) is 0 Å². The zero-order chi connectivity index (χ0) is 13.9. The summed E-state index contributed by atoms with van der Waals surface area (Å²) in [5.74, 6) is 8.57. The van der Waals surface area contributed by atoms with Gasteiger partial charge < -0.3 is 5.43 Å². The Kier molecular flexibility index (Phi) is 4.68. The highest BCUT2D eigenvalue weighted by Gasteiger charge is 2.20. The van der Waals surface area contributed by atoms with Crippen LogP contribution in [-0.4, -0.2) is 14.7 Å². The molecule has 0 radical (unpaired) electrons. The fourth-order valence-corrected chi connectivity index (χ4v) is 3.06. The summed E-state index contributed by atoms with van der Waals surface area (Å²) in [5, 5.41) is 0. The van der Waals surface area contributed by atoms with Gasteiger partial charge in [-0.1, -0.05) is 33.6 Å². The van der Waals surface area contributed by atoms with E-state index in [-0.39, 0.29) is 4.75 Å². The number of nitrogens with one attached hydrogen (secondary N) is 1. The molecule has 0 aromatic carbocycles. The smallest absolute Gasteiger partial charge is 0.143 e. The molecular weight excluding hydrogens is 256 g/mol. The first-order chi connectivity index (χ1) is 8.98. The van der Waals surface area contributed by atoms with Crippen molar-refractivity contribution in [2.75, 3.05) is 5.43 Å². The monoisotopic (exact) mass is 280 g/mol. The largest absolute Gasteiger partial charge is 0.308 e. The number of hydrazine groups is 1. The molecule has 1 heterocycles. The van der Waals surface area contributed by atoms with Crippen LogP contribution in [0.2, 0.25) is 0 Å². The van der Waals surface area contributed by atoms with Gasteiger partial charge in [0.05, 0.1) is 5.75 Å². The summed E-state index contributed by atoms with van der Waals surface area (Å²) >= 11 is 1.86. The van der Waals surface area contributed by atoms with Gasteiger partial charge in [0.15, 0.2) is 0 Å². The molecule has 1 saturated carbocycles. The highest BCUT2D eigenvalue weighted by molar-refractivity contribution is 7.99. The topological polar surface area (TPSA) is 63.8 Å². The molecule has 4 nitrogen and oxygen atoms in total. The highest BCUT2D eigenvalue weighted by atomic mass is 32.2. The molecular formula is C14H24N4S. The molecule has 0 amide bonds. The van der Waals surface area contributed by atoms with Crippen LogP contribution in [-0.2, 0) is 5.75 Å². The van der Waals surface area contributed by atoms with Crippen LogP contribution in [0.4, 0.5) is 5.82 Å². The number of hydrogen-bond acceptors (Lipinski definition) is 5. The van der Waals surface area contributed by atoms with Crippen molar-refractivity contribution in [3.8, 4) is 0 Å². The van der Waals surface area contributed by atoms with Gasteiger partial charge in [0.1, 0.15) is 11.6 Å². The summed E-state index contributed by atoms with van der Waals surface area (Å²) in [7, 11) is 0. The Morgan fingerprint density at radius 2 is 2.00 bits per heavy atom. The first kappa shape index (κ1) is 14.6. The Bertz CT molecular complexity index is 422. The number of anilines is 1. The minimum Gasteiger partial charge on any atom is -0.308 e. The first-order valence-electron chi connectivity index (χ1n) is 6.96. The van der Waals surface area contributed by atoms with Gasteiger partial charge in [0, 0.05) is 22.4 Å². The van der Waals surface area contributed by atoms with Crippen molar-refractivity contribution in [3.05, 3.63) is 17.6 Å². The van der Waals surface area contributed by atoms with Crippen LogP contribution in [0.25, 0.3) is 0 Å². The molecule has 1 aliphatic carbocycles. The lowest BCUT2D eigenvalue weighted by atomic mass is 10.0. The van der Waals surface area contributed by atoms with Crippen molar-refractivity contribution in [1.29, 1.82) is 0 Å². The van der Waals surface area contributed by atoms with Crippen molar-refractivity contribution in [1.82, 2.24) is 9.97 Å². The van der Waals surface area contributed by atoms with Gasteiger partial charge in [-0.2, -0.15) is 0 Å². The van der Waals surface area contributed by atoms with Crippen LogP contribution < -0.4 is 11.3 Å². The van der Waals surface area contributed by atoms with E-state index in [4.69, 9.17) is 10.8 Å². The molecule has 19 heavy (non-hydrogen) atoms. The van der Waals surface area contributed by atoms with E-state index in [1.807, 2.05) is 17.8 Å². The van der Waals surface area contributed by atoms with Crippen LogP contribution in [0, 0.1) is 0 Å². The van der Waals surface area contributed by atoms with Crippen LogP contribution in [0.15, 0.2) is 6.07 Å². The van der Waals surface area contributed by atoms with Crippen molar-refractivity contribution in [2.45, 2.75) is 62.9 Å². The first-order valence-corrected chi connectivity index (χ1v) is 7.95. The van der Waals surface area contributed by atoms with Crippen molar-refractivity contribution in [2.24, 2.45) is 5.84 Å². The van der Waals surface area contributed by atoms with Crippen molar-refractivity contribution >= 4 is 17.6 Å². The van der Waals surface area contributed by atoms with Crippen LogP contribution in [0.1, 0.15) is 63.9 Å². The van der Waals surface area contributed by atoms with Crippen LogP contribution >= 0.6 is 11.8 Å². The maximum Gasteiger partial charge on any atom is 0.143 e. The summed E-state index contributed by atoms with van der Waals surface area (Å²) in [5.41, 5.74) is 3.83. The average molecular weight is 280 g/mol. The number of aromatic nitrogens is 2. The Labute approximate surface area is 119 Å². The lowest BCUT2D eigenvalue weighted by molar-refractivity contribution is 0.688. The van der Waals surface area contributed by atoms with E-state index in [1.165, 1.54) is 25.7 Å². The Morgan fingerprint density at radius 1 is 1.32 bits per heavy atom. The van der Waals surface area contributed by atoms with E-state index >= 15 is 0 Å². The molecule has 0 saturated heterocycles. The summed E-state index contributed by atoms with van der Waals surface area (Å²) in [6.07, 6.45) is 5.11. The number of nitrogens with two attached hydrogens (primary N) is 1. The Balaban J connectivity index is 2.15. The third-order valence-corrected chi connectivity index (χ3v) is 4.62. The Hall–Kier alpha value is -0.810. The third kappa shape index (κ3) is 4.35. The second kappa shape index (κ2) is 6.09. The molecule has 0 bridgehead atoms. The predicted molar refractivity (Wildman–Crippen MR) is 82.1 cm³/mol. The van der Waals surface area contributed by atoms with Crippen molar-refractivity contribution in [3.63, 3.8) is 0 Å². The van der Waals surface area contributed by atoms with E-state index in [1.54, 1.807) is 0 Å². The molecule has 0 atom stereocenters. The molecule has 1 aromatic rings. The lowest BCUT2D eigenvalue weighted by Gasteiger charge is -2.18. The molecule has 0 aliphatic heterocycles. The van der Waals surface area contributed by atoms with Gasteiger partial charge in [-0.25, -0.2) is 15.8 Å². The fourth-order valence-electron chi connectivity index (χ4n) is 2.37. The van der Waals surface area contributed by atoms with Crippen molar-refractivity contribution < 1.29 is 0 Å². The number of hydrogen-bond donors (Lipinski definition) is 2. The van der Waals surface area contributed by atoms with E-state index in [0.29, 0.717) is 5.92 Å². The number of nitrogens with zero attached hydrogens (tertiary/aromatic N) is 2. The number of rotatable bonds is 4. The van der Waals surface area contributed by atoms with Gasteiger partial charge in [-0.05, 0) is 12.8 Å². The minimum atomic E-state index is 0.225. The van der Waals surface area contributed by atoms with E-state index in [2.05, 4.69) is 31.2 Å². The summed E-state index contributed by atoms with van der Waals surface area (Å²) in [6.45, 7) is 6.63. The summed E-state index contributed by atoms with van der Waals surface area (Å²) in [4.78, 5) is 9.20. The minimum absolute atomic E-state index is 0.225. The van der Waals surface area contributed by atoms with E-state index < -0.39 is 0 Å². The molecule has 1 fully saturated rings. The highest BCUT2D eigenvalue weighted by Crippen LogP contribution is 2.34. The van der Waals surface area contributed by atoms with E-state index in [9.17, 15) is 0 Å². The molecule has 0 spiro atoms. The quantitative estimate of drug-likeness (QED) is 0.653. The van der Waals surface area contributed by atoms with Gasteiger partial charge in [-0.3, -0.25) is 0 Å². The summed E-state index contributed by atoms with van der Waals surface area (Å²) < 4.78 is 0.225. The van der Waals surface area contributed by atoms with Gasteiger partial charge >= 0.3 is 0 Å². The second-order valence-electron chi connectivity index (χ2n) is 6.12. The Morgan fingerprint density at radius 3 is 2.58 bits per heavy atom. The zero-order valence-corrected chi connectivity index (χ0v) is 12.9. The van der Waals surface area contributed by atoms with Crippen LogP contribution in [0.5, 0.6) is 0 Å². The number of nitrogen functional groups attached to an aromatic ring is 1. The molecule has 3 N–H and O–H groups in total. The normalized spacial score (nSPS) is 16.8. The number of thioether (sulfide) groups is 1. The third-order valence-electron chi connectivity index (χ3n) is 3.35. The maximum atomic E-state index is 5.52. The molecule has 1 aliphatic rings. The summed E-state index contributed by atoms with van der Waals surface area (Å²) in [6, 6.07) is 2.00. The van der Waals surface area contributed by atoms with Gasteiger partial charge in [-0.15, -0.1) is 11.8 Å². The zero-order valence-electron chi connectivity index (χ0n) is 12.1. The van der Waals surface area contributed by atoms with E-state index in [0.717, 1.165) is 23.1 Å². The molecule has 5 heteroatoms. The maximum absolute atomic E-state index is 5.52. The SMILES string of the molecule is CC(C)(C)SCc1nc(NN)cc(C2CCCC2)n1. The fraction of sp³-hybridized carbons (Fsp3) is 0.714. The molecule has 0 unspecified atom stereocenters. The molecule has 1 aromatic heterocycles. The second-order valence-corrected chi connectivity index (χ2v) is 7.92. The molecule has 106 valence electrons. The molecule has 2 rings (SSSR count). The van der Waals surface area contributed by atoms with Gasteiger partial charge in [0.2, 0.25) is 0 Å². The average Bonchev–Trinajstić information content (AvgIpc) is 2.89. The standard InChI is InChI=1S/C14H24N4S/c1-14(2,3)19-9-13-16-11(8-12(17-13)18-15)10-6-4-5-7-10/h8,10H,4-7,9,15H2,1-3H3,(H,16,17,18).